The van der Waals surface area contributed by atoms with Gasteiger partial charge in [0.15, 0.2) is 0 Å². The SMILES string of the molecule is CC(Cl)Sc1ccc(Sc2ccc(SC(C)Cl)cc2Cl)c(Cl)c1. The second-order valence-electron chi connectivity index (χ2n) is 4.61. The zero-order chi connectivity index (χ0) is 17.0. The van der Waals surface area contributed by atoms with Gasteiger partial charge in [-0.2, -0.15) is 0 Å². The predicted molar refractivity (Wildman–Crippen MR) is 109 cm³/mol. The highest BCUT2D eigenvalue weighted by Crippen LogP contribution is 2.40. The molecule has 2 unspecified atom stereocenters. The molecule has 2 aromatic carbocycles. The summed E-state index contributed by atoms with van der Waals surface area (Å²) in [6.45, 7) is 3.87. The molecule has 0 radical (unpaired) electrons. The zero-order valence-electron chi connectivity index (χ0n) is 12.4. The summed E-state index contributed by atoms with van der Waals surface area (Å²) in [5.41, 5.74) is 0. The molecule has 0 aromatic heterocycles. The molecule has 0 nitrogen and oxygen atoms in total. The summed E-state index contributed by atoms with van der Waals surface area (Å²) in [6.07, 6.45) is 0. The number of benzene rings is 2. The van der Waals surface area contributed by atoms with Crippen LogP contribution in [0.5, 0.6) is 0 Å². The molecular weight excluding hydrogens is 430 g/mol. The number of hydrogen-bond acceptors (Lipinski definition) is 3. The third-order valence-corrected chi connectivity index (χ3v) is 6.86. The van der Waals surface area contributed by atoms with E-state index in [1.54, 1.807) is 35.3 Å². The standard InChI is InChI=1S/C16H14Cl4S3/c1-9(17)21-11-3-5-15(13(19)7-11)23-16-6-4-12(8-14(16)20)22-10(2)18/h3-10H,1-2H3. The third-order valence-electron chi connectivity index (χ3n) is 2.62. The molecule has 0 amide bonds. The van der Waals surface area contributed by atoms with Crippen LogP contribution in [-0.2, 0) is 0 Å². The first-order chi connectivity index (χ1) is 10.8. The number of alkyl halides is 2. The van der Waals surface area contributed by atoms with Gasteiger partial charge in [0.2, 0.25) is 0 Å². The number of hydrogen-bond donors (Lipinski definition) is 0. The van der Waals surface area contributed by atoms with Gasteiger partial charge in [0.25, 0.3) is 0 Å². The number of thioether (sulfide) groups is 2. The molecule has 23 heavy (non-hydrogen) atoms. The first-order valence-electron chi connectivity index (χ1n) is 6.73. The summed E-state index contributed by atoms with van der Waals surface area (Å²) in [4.78, 5) is 4.03. The Bertz CT molecular complexity index is 617. The van der Waals surface area contributed by atoms with Crippen LogP contribution in [0.3, 0.4) is 0 Å². The van der Waals surface area contributed by atoms with E-state index in [2.05, 4.69) is 0 Å². The summed E-state index contributed by atoms with van der Waals surface area (Å²) < 4.78 is 0.0155. The Morgan fingerprint density at radius 2 is 1.13 bits per heavy atom. The highest BCUT2D eigenvalue weighted by atomic mass is 35.5. The van der Waals surface area contributed by atoms with Gasteiger partial charge >= 0.3 is 0 Å². The van der Waals surface area contributed by atoms with Crippen LogP contribution in [0.4, 0.5) is 0 Å². The lowest BCUT2D eigenvalue weighted by Crippen LogP contribution is -1.85. The highest BCUT2D eigenvalue weighted by molar-refractivity contribution is 8.01. The van der Waals surface area contributed by atoms with Crippen molar-refractivity contribution >= 4 is 81.7 Å². The van der Waals surface area contributed by atoms with Gasteiger partial charge in [-0.05, 0) is 50.2 Å². The normalized spacial score (nSPS) is 13.8. The molecule has 2 atom stereocenters. The molecule has 7 heteroatoms. The van der Waals surface area contributed by atoms with Gasteiger partial charge in [0.1, 0.15) is 0 Å². The molecule has 0 aliphatic carbocycles. The molecular formula is C16H14Cl4S3. The van der Waals surface area contributed by atoms with Crippen LogP contribution in [0.1, 0.15) is 13.8 Å². The topological polar surface area (TPSA) is 0 Å². The summed E-state index contributed by atoms with van der Waals surface area (Å²) >= 11 is 29.4. The summed E-state index contributed by atoms with van der Waals surface area (Å²) in [7, 11) is 0. The van der Waals surface area contributed by atoms with Crippen molar-refractivity contribution in [2.24, 2.45) is 0 Å². The molecule has 0 heterocycles. The molecule has 0 saturated carbocycles. The van der Waals surface area contributed by atoms with Crippen LogP contribution >= 0.6 is 81.7 Å². The van der Waals surface area contributed by atoms with Gasteiger partial charge in [-0.25, -0.2) is 0 Å². The Morgan fingerprint density at radius 1 is 0.739 bits per heavy atom. The van der Waals surface area contributed by atoms with E-state index in [-0.39, 0.29) is 9.42 Å². The fourth-order valence-corrected chi connectivity index (χ4v) is 5.34. The summed E-state index contributed by atoms with van der Waals surface area (Å²) in [5.74, 6) is 0. The van der Waals surface area contributed by atoms with Crippen LogP contribution in [0.15, 0.2) is 56.0 Å². The molecule has 0 spiro atoms. The quantitative estimate of drug-likeness (QED) is 0.324. The average Bonchev–Trinajstić information content (AvgIpc) is 2.43. The van der Waals surface area contributed by atoms with E-state index < -0.39 is 0 Å². The monoisotopic (exact) mass is 442 g/mol. The van der Waals surface area contributed by atoms with Crippen LogP contribution in [0.2, 0.25) is 10.0 Å². The Hall–Kier alpha value is 0.650. The van der Waals surface area contributed by atoms with E-state index in [9.17, 15) is 0 Å². The first-order valence-corrected chi connectivity index (χ1v) is 10.9. The number of rotatable bonds is 6. The number of halogens is 4. The second kappa shape index (κ2) is 9.38. The van der Waals surface area contributed by atoms with Gasteiger partial charge in [-0.1, -0.05) is 35.0 Å². The van der Waals surface area contributed by atoms with Gasteiger partial charge < -0.3 is 0 Å². The van der Waals surface area contributed by atoms with E-state index in [0.29, 0.717) is 10.0 Å². The van der Waals surface area contributed by atoms with Crippen molar-refractivity contribution in [1.29, 1.82) is 0 Å². The Balaban J connectivity index is 2.15. The van der Waals surface area contributed by atoms with E-state index in [4.69, 9.17) is 46.4 Å². The molecule has 0 bridgehead atoms. The van der Waals surface area contributed by atoms with Crippen molar-refractivity contribution in [3.63, 3.8) is 0 Å². The maximum atomic E-state index is 6.37. The molecule has 0 aliphatic heterocycles. The average molecular weight is 444 g/mol. The van der Waals surface area contributed by atoms with E-state index in [0.717, 1.165) is 19.6 Å². The van der Waals surface area contributed by atoms with E-state index >= 15 is 0 Å². The maximum Gasteiger partial charge on any atom is 0.0807 e. The minimum absolute atomic E-state index is 0.00776. The van der Waals surface area contributed by atoms with E-state index in [1.165, 1.54) is 0 Å². The largest absolute Gasteiger partial charge is 0.111 e. The van der Waals surface area contributed by atoms with Gasteiger partial charge in [-0.15, -0.1) is 46.7 Å². The lowest BCUT2D eigenvalue weighted by molar-refractivity contribution is 1.30. The van der Waals surface area contributed by atoms with Crippen molar-refractivity contribution in [1.82, 2.24) is 0 Å². The first kappa shape index (κ1) is 20.0. The van der Waals surface area contributed by atoms with Crippen LogP contribution < -0.4 is 0 Å². The van der Waals surface area contributed by atoms with Crippen molar-refractivity contribution < 1.29 is 0 Å². The summed E-state index contributed by atoms with van der Waals surface area (Å²) in [6, 6.07) is 11.9. The second-order valence-corrected chi connectivity index (χ2v) is 11.2. The molecule has 0 aliphatic rings. The fraction of sp³-hybridized carbons (Fsp3) is 0.250. The maximum absolute atomic E-state index is 6.37. The van der Waals surface area contributed by atoms with Crippen LogP contribution in [-0.4, -0.2) is 9.42 Å². The van der Waals surface area contributed by atoms with Crippen molar-refractivity contribution in [2.75, 3.05) is 0 Å². The van der Waals surface area contributed by atoms with Crippen molar-refractivity contribution in [3.05, 3.63) is 46.4 Å². The third kappa shape index (κ3) is 6.47. The summed E-state index contributed by atoms with van der Waals surface area (Å²) in [5, 5.41) is 1.39. The Labute approximate surface area is 170 Å². The van der Waals surface area contributed by atoms with Gasteiger partial charge in [0.05, 0.1) is 19.5 Å². The molecule has 2 rings (SSSR count). The van der Waals surface area contributed by atoms with Crippen LogP contribution in [0.25, 0.3) is 0 Å². The van der Waals surface area contributed by atoms with Crippen LogP contribution in [0, 0.1) is 0 Å². The molecule has 2 aromatic rings. The lowest BCUT2D eigenvalue weighted by atomic mass is 10.3. The minimum atomic E-state index is 0.00776. The van der Waals surface area contributed by atoms with E-state index in [1.807, 2.05) is 50.2 Å². The molecule has 0 N–H and O–H groups in total. The highest BCUT2D eigenvalue weighted by Gasteiger charge is 2.10. The fourth-order valence-electron chi connectivity index (χ4n) is 1.77. The predicted octanol–water partition coefficient (Wildman–Crippen LogP) is 8.50. The molecule has 124 valence electrons. The Kier molecular flexibility index (Phi) is 8.14. The minimum Gasteiger partial charge on any atom is -0.111 e. The zero-order valence-corrected chi connectivity index (χ0v) is 17.8. The lowest BCUT2D eigenvalue weighted by Gasteiger charge is -2.10. The Morgan fingerprint density at radius 3 is 1.43 bits per heavy atom. The van der Waals surface area contributed by atoms with Gasteiger partial charge in [-0.3, -0.25) is 0 Å². The van der Waals surface area contributed by atoms with Crippen molar-refractivity contribution in [2.45, 2.75) is 42.8 Å². The smallest absolute Gasteiger partial charge is 0.0807 e. The van der Waals surface area contributed by atoms with Gasteiger partial charge in [0, 0.05) is 19.6 Å². The van der Waals surface area contributed by atoms with Crippen molar-refractivity contribution in [3.8, 4) is 0 Å². The molecule has 0 saturated heterocycles. The molecule has 0 fully saturated rings.